The Labute approximate surface area is 143 Å². The summed E-state index contributed by atoms with van der Waals surface area (Å²) in [5.74, 6) is -2.12. The van der Waals surface area contributed by atoms with Crippen molar-refractivity contribution in [3.8, 4) is 17.0 Å². The van der Waals surface area contributed by atoms with Crippen LogP contribution in [0.25, 0.3) is 22.3 Å². The number of halogens is 4. The van der Waals surface area contributed by atoms with Crippen LogP contribution in [-0.2, 0) is 6.18 Å². The molecular formula is C17H10F4N2O3. The van der Waals surface area contributed by atoms with E-state index in [1.54, 1.807) is 12.1 Å². The summed E-state index contributed by atoms with van der Waals surface area (Å²) in [4.78, 5) is 18.3. The van der Waals surface area contributed by atoms with Crippen molar-refractivity contribution in [1.29, 1.82) is 0 Å². The number of nitrogens with zero attached hydrogens (tertiary/aromatic N) is 2. The summed E-state index contributed by atoms with van der Waals surface area (Å²) >= 11 is 0. The fourth-order valence-corrected chi connectivity index (χ4v) is 2.41. The number of hydrogen-bond donors (Lipinski definition) is 1. The van der Waals surface area contributed by atoms with Gasteiger partial charge in [0.2, 0.25) is 0 Å². The molecule has 0 bridgehead atoms. The Morgan fingerprint density at radius 2 is 1.77 bits per heavy atom. The van der Waals surface area contributed by atoms with Crippen molar-refractivity contribution in [3.05, 3.63) is 53.5 Å². The van der Waals surface area contributed by atoms with Crippen molar-refractivity contribution >= 4 is 17.0 Å². The molecule has 0 saturated heterocycles. The first kappa shape index (κ1) is 17.6. The zero-order valence-corrected chi connectivity index (χ0v) is 13.1. The van der Waals surface area contributed by atoms with Crippen LogP contribution in [0.2, 0.25) is 0 Å². The summed E-state index contributed by atoms with van der Waals surface area (Å²) in [6.07, 6.45) is -4.99. The first-order chi connectivity index (χ1) is 12.2. The molecule has 1 aromatic carbocycles. The van der Waals surface area contributed by atoms with Gasteiger partial charge in [0.05, 0.1) is 12.7 Å². The molecule has 0 aliphatic heterocycles. The Morgan fingerprint density at radius 1 is 1.12 bits per heavy atom. The lowest BCUT2D eigenvalue weighted by molar-refractivity contribution is -0.141. The van der Waals surface area contributed by atoms with Crippen molar-refractivity contribution in [3.63, 3.8) is 0 Å². The van der Waals surface area contributed by atoms with Gasteiger partial charge < -0.3 is 9.84 Å². The number of aromatic nitrogens is 2. The van der Waals surface area contributed by atoms with Gasteiger partial charge in [-0.3, -0.25) is 0 Å². The third kappa shape index (κ3) is 3.15. The Kier molecular flexibility index (Phi) is 4.23. The number of aromatic carboxylic acids is 1. The summed E-state index contributed by atoms with van der Waals surface area (Å²) in [5.41, 5.74) is -2.96. The van der Waals surface area contributed by atoms with Gasteiger partial charge in [-0.25, -0.2) is 19.2 Å². The molecule has 0 aliphatic rings. The summed E-state index contributed by atoms with van der Waals surface area (Å²) in [6.45, 7) is 0. The van der Waals surface area contributed by atoms with E-state index in [1.165, 1.54) is 19.2 Å². The van der Waals surface area contributed by atoms with Gasteiger partial charge in [0.15, 0.2) is 11.3 Å². The summed E-state index contributed by atoms with van der Waals surface area (Å²) in [7, 11) is 1.45. The number of methoxy groups -OCH3 is 1. The van der Waals surface area contributed by atoms with Gasteiger partial charge in [-0.05, 0) is 36.4 Å². The highest BCUT2D eigenvalue weighted by Crippen LogP contribution is 2.33. The van der Waals surface area contributed by atoms with Gasteiger partial charge in [0, 0.05) is 10.9 Å². The van der Waals surface area contributed by atoms with Gasteiger partial charge in [0.1, 0.15) is 17.3 Å². The minimum atomic E-state index is -4.99. The van der Waals surface area contributed by atoms with Crippen LogP contribution in [0.5, 0.6) is 5.75 Å². The lowest BCUT2D eigenvalue weighted by Gasteiger charge is -2.11. The number of carboxylic acids is 1. The van der Waals surface area contributed by atoms with Crippen LogP contribution < -0.4 is 4.74 Å². The topological polar surface area (TPSA) is 72.3 Å². The molecule has 0 fully saturated rings. The van der Waals surface area contributed by atoms with Crippen LogP contribution in [0.1, 0.15) is 16.1 Å². The molecule has 0 unspecified atom stereocenters. The fraction of sp³-hybridized carbons (Fsp3) is 0.118. The normalized spacial score (nSPS) is 11.6. The van der Waals surface area contributed by atoms with Gasteiger partial charge >= 0.3 is 12.1 Å². The maximum atomic E-state index is 14.4. The minimum absolute atomic E-state index is 0.148. The Morgan fingerprint density at radius 3 is 2.31 bits per heavy atom. The molecule has 0 saturated carbocycles. The molecule has 3 aromatic rings. The van der Waals surface area contributed by atoms with Gasteiger partial charge in [-0.1, -0.05) is 0 Å². The number of alkyl halides is 3. The number of rotatable bonds is 3. The Balaban J connectivity index is 2.23. The molecule has 0 aliphatic carbocycles. The number of carboxylic acid groups (broad SMARTS) is 1. The molecule has 5 nitrogen and oxygen atoms in total. The third-order valence-corrected chi connectivity index (χ3v) is 3.62. The highest BCUT2D eigenvalue weighted by atomic mass is 19.4. The van der Waals surface area contributed by atoms with Crippen LogP contribution in [0, 0.1) is 5.82 Å². The fourth-order valence-electron chi connectivity index (χ4n) is 2.41. The first-order valence-electron chi connectivity index (χ1n) is 7.17. The smallest absolute Gasteiger partial charge is 0.434 e. The second-order valence-electron chi connectivity index (χ2n) is 5.28. The van der Waals surface area contributed by atoms with E-state index in [1.807, 2.05) is 0 Å². The molecule has 134 valence electrons. The Hall–Kier alpha value is -3.23. The molecule has 0 amide bonds. The van der Waals surface area contributed by atoms with E-state index in [0.717, 1.165) is 6.07 Å². The maximum absolute atomic E-state index is 14.4. The lowest BCUT2D eigenvalue weighted by atomic mass is 10.1. The van der Waals surface area contributed by atoms with Gasteiger partial charge in [0.25, 0.3) is 0 Å². The largest absolute Gasteiger partial charge is 0.497 e. The molecule has 9 heteroatoms. The van der Waals surface area contributed by atoms with Crippen molar-refractivity contribution in [2.45, 2.75) is 6.18 Å². The molecule has 26 heavy (non-hydrogen) atoms. The number of hydrogen-bond acceptors (Lipinski definition) is 4. The quantitative estimate of drug-likeness (QED) is 0.705. The zero-order chi connectivity index (χ0) is 19.1. The van der Waals surface area contributed by atoms with Crippen molar-refractivity contribution in [2.75, 3.05) is 7.11 Å². The van der Waals surface area contributed by atoms with Crippen LogP contribution in [0.15, 0.2) is 36.4 Å². The second-order valence-corrected chi connectivity index (χ2v) is 5.28. The summed E-state index contributed by atoms with van der Waals surface area (Å²) < 4.78 is 58.6. The van der Waals surface area contributed by atoms with E-state index < -0.39 is 34.9 Å². The number of fused-ring (bicyclic) bond motifs is 1. The van der Waals surface area contributed by atoms with E-state index >= 15 is 0 Å². The van der Waals surface area contributed by atoms with E-state index in [-0.39, 0.29) is 11.1 Å². The second kappa shape index (κ2) is 6.25. The van der Waals surface area contributed by atoms with E-state index in [2.05, 4.69) is 9.97 Å². The van der Waals surface area contributed by atoms with Gasteiger partial charge in [-0.2, -0.15) is 13.2 Å². The molecule has 0 spiro atoms. The summed E-state index contributed by atoms with van der Waals surface area (Å²) in [5, 5.41) is 8.83. The van der Waals surface area contributed by atoms with Crippen molar-refractivity contribution in [1.82, 2.24) is 9.97 Å². The lowest BCUT2D eigenvalue weighted by Crippen LogP contribution is -2.16. The van der Waals surface area contributed by atoms with Gasteiger partial charge in [-0.15, -0.1) is 0 Å². The molecule has 2 aromatic heterocycles. The zero-order valence-electron chi connectivity index (χ0n) is 13.1. The van der Waals surface area contributed by atoms with Crippen LogP contribution >= 0.6 is 0 Å². The van der Waals surface area contributed by atoms with Crippen LogP contribution in [-0.4, -0.2) is 28.2 Å². The van der Waals surface area contributed by atoms with Crippen LogP contribution in [0.3, 0.4) is 0 Å². The number of benzene rings is 1. The number of carbonyl (C=O) groups is 1. The van der Waals surface area contributed by atoms with E-state index in [4.69, 9.17) is 9.84 Å². The predicted molar refractivity (Wildman–Crippen MR) is 83.4 cm³/mol. The number of pyridine rings is 2. The minimum Gasteiger partial charge on any atom is -0.497 e. The molecule has 0 atom stereocenters. The molecule has 2 heterocycles. The molecular weight excluding hydrogens is 356 g/mol. The highest BCUT2D eigenvalue weighted by molar-refractivity contribution is 5.94. The van der Waals surface area contributed by atoms with Crippen molar-refractivity contribution < 1.29 is 32.2 Å². The van der Waals surface area contributed by atoms with Crippen molar-refractivity contribution in [2.24, 2.45) is 0 Å². The summed E-state index contributed by atoms with van der Waals surface area (Å²) in [6, 6.07) is 7.69. The predicted octanol–water partition coefficient (Wildman–Crippen LogP) is 4.16. The SMILES string of the molecule is COc1ccc(-c2nc3nc(C(F)(F)F)c(C(=O)O)cc3cc2F)cc1. The monoisotopic (exact) mass is 366 g/mol. The molecule has 3 rings (SSSR count). The highest BCUT2D eigenvalue weighted by Gasteiger charge is 2.38. The Bertz CT molecular complexity index is 1000. The average molecular weight is 366 g/mol. The average Bonchev–Trinajstić information content (AvgIpc) is 2.59. The number of ether oxygens (including phenoxy) is 1. The molecule has 1 N–H and O–H groups in total. The first-order valence-corrected chi connectivity index (χ1v) is 7.17. The standard InChI is InChI=1S/C17H10F4N2O3/c1-26-10-4-2-8(3-5-10)13-12(18)7-9-6-11(16(24)25)14(17(19,20)21)23-15(9)22-13/h2-7H,1H3,(H,24,25). The maximum Gasteiger partial charge on any atom is 0.434 e. The van der Waals surface area contributed by atoms with E-state index in [9.17, 15) is 22.4 Å². The van der Waals surface area contributed by atoms with E-state index in [0.29, 0.717) is 17.4 Å². The van der Waals surface area contributed by atoms with Crippen LogP contribution in [0.4, 0.5) is 17.6 Å². The third-order valence-electron chi connectivity index (χ3n) is 3.62. The molecule has 0 radical (unpaired) electrons.